The molecule has 2 N–H and O–H groups in total. The molecule has 0 atom stereocenters. The maximum absolute atomic E-state index is 12.4. The number of carbonyl (C=O) groups is 1. The molecule has 1 heterocycles. The van der Waals surface area contributed by atoms with Gasteiger partial charge in [-0.15, -0.1) is 11.3 Å². The Balaban J connectivity index is 2.43. The number of hydrogen-bond donors (Lipinski definition) is 2. The van der Waals surface area contributed by atoms with E-state index in [9.17, 15) is 18.3 Å². The van der Waals surface area contributed by atoms with E-state index in [1.165, 1.54) is 7.11 Å². The minimum absolute atomic E-state index is 0.159. The zero-order chi connectivity index (χ0) is 15.5. The number of hydrogen-bond acceptors (Lipinski definition) is 5. The quantitative estimate of drug-likeness (QED) is 0.757. The van der Waals surface area contributed by atoms with Crippen LogP contribution in [0.3, 0.4) is 0 Å². The first kappa shape index (κ1) is 15.9. The van der Waals surface area contributed by atoms with E-state index in [-0.39, 0.29) is 16.3 Å². The lowest BCUT2D eigenvalue weighted by Crippen LogP contribution is -2.26. The van der Waals surface area contributed by atoms with Gasteiger partial charge in [0.25, 0.3) is 0 Å². The van der Waals surface area contributed by atoms with Gasteiger partial charge in [0, 0.05) is 30.3 Å². The van der Waals surface area contributed by atoms with Gasteiger partial charge in [-0.2, -0.15) is 0 Å². The summed E-state index contributed by atoms with van der Waals surface area (Å²) in [5, 5.41) is 9.67. The zero-order valence-electron chi connectivity index (χ0n) is 11.3. The fraction of sp³-hybridized carbons (Fsp3) is 0.308. The SMILES string of the molecule is COCCCNS(=O)(=O)c1c(C(=O)O)sc2ccccc12. The van der Waals surface area contributed by atoms with Gasteiger partial charge < -0.3 is 9.84 Å². The van der Waals surface area contributed by atoms with E-state index >= 15 is 0 Å². The van der Waals surface area contributed by atoms with Crippen LogP contribution >= 0.6 is 11.3 Å². The molecule has 0 saturated heterocycles. The van der Waals surface area contributed by atoms with Gasteiger partial charge >= 0.3 is 5.97 Å². The Labute approximate surface area is 126 Å². The molecule has 0 aliphatic heterocycles. The highest BCUT2D eigenvalue weighted by molar-refractivity contribution is 7.90. The lowest BCUT2D eigenvalue weighted by atomic mass is 10.2. The van der Waals surface area contributed by atoms with Gasteiger partial charge in [0.15, 0.2) is 0 Å². The minimum atomic E-state index is -3.88. The largest absolute Gasteiger partial charge is 0.477 e. The second kappa shape index (κ2) is 6.52. The van der Waals surface area contributed by atoms with Crippen LogP contribution in [0.4, 0.5) is 0 Å². The molecule has 0 radical (unpaired) electrons. The maximum Gasteiger partial charge on any atom is 0.347 e. The number of methoxy groups -OCH3 is 1. The molecule has 2 aromatic rings. The Bertz CT molecular complexity index is 751. The summed E-state index contributed by atoms with van der Waals surface area (Å²) in [6.45, 7) is 0.623. The van der Waals surface area contributed by atoms with Crippen molar-refractivity contribution in [3.63, 3.8) is 0 Å². The van der Waals surface area contributed by atoms with Gasteiger partial charge in [-0.1, -0.05) is 18.2 Å². The van der Waals surface area contributed by atoms with Crippen molar-refractivity contribution in [1.82, 2.24) is 4.72 Å². The third-order valence-corrected chi connectivity index (χ3v) is 5.66. The van der Waals surface area contributed by atoms with Crippen molar-refractivity contribution in [1.29, 1.82) is 0 Å². The zero-order valence-corrected chi connectivity index (χ0v) is 13.0. The number of thiophene rings is 1. The second-order valence-corrected chi connectivity index (χ2v) is 7.06. The number of aromatic carboxylic acids is 1. The van der Waals surface area contributed by atoms with Crippen LogP contribution in [0.25, 0.3) is 10.1 Å². The molecule has 0 spiro atoms. The summed E-state index contributed by atoms with van der Waals surface area (Å²) in [7, 11) is -2.34. The fourth-order valence-electron chi connectivity index (χ4n) is 1.92. The monoisotopic (exact) mass is 329 g/mol. The molecule has 21 heavy (non-hydrogen) atoms. The van der Waals surface area contributed by atoms with Crippen LogP contribution < -0.4 is 4.72 Å². The predicted molar refractivity (Wildman–Crippen MR) is 80.5 cm³/mol. The van der Waals surface area contributed by atoms with Crippen molar-refractivity contribution in [2.45, 2.75) is 11.3 Å². The number of carboxylic acids is 1. The highest BCUT2D eigenvalue weighted by atomic mass is 32.2. The smallest absolute Gasteiger partial charge is 0.347 e. The molecule has 0 saturated carbocycles. The van der Waals surface area contributed by atoms with E-state index in [0.29, 0.717) is 23.1 Å². The van der Waals surface area contributed by atoms with Crippen molar-refractivity contribution in [3.05, 3.63) is 29.1 Å². The number of carboxylic acid groups (broad SMARTS) is 1. The molecule has 0 unspecified atom stereocenters. The minimum Gasteiger partial charge on any atom is -0.477 e. The van der Waals surface area contributed by atoms with Crippen LogP contribution in [0.15, 0.2) is 29.2 Å². The topological polar surface area (TPSA) is 92.7 Å². The van der Waals surface area contributed by atoms with E-state index in [1.807, 2.05) is 0 Å². The number of ether oxygens (including phenoxy) is 1. The molecule has 114 valence electrons. The number of benzene rings is 1. The molecule has 1 aromatic carbocycles. The van der Waals surface area contributed by atoms with Gasteiger partial charge in [-0.3, -0.25) is 0 Å². The Morgan fingerprint density at radius 3 is 2.76 bits per heavy atom. The third-order valence-electron chi connectivity index (χ3n) is 2.83. The first-order chi connectivity index (χ1) is 9.97. The highest BCUT2D eigenvalue weighted by Crippen LogP contribution is 2.34. The predicted octanol–water partition coefficient (Wildman–Crippen LogP) is 1.91. The standard InChI is InChI=1S/C13H15NO5S2/c1-19-8-4-7-14-21(17,18)12-9-5-2-3-6-10(9)20-11(12)13(15)16/h2-3,5-6,14H,4,7-8H2,1H3,(H,15,16). The highest BCUT2D eigenvalue weighted by Gasteiger charge is 2.27. The van der Waals surface area contributed by atoms with Crippen LogP contribution in [0, 0.1) is 0 Å². The molecular weight excluding hydrogens is 314 g/mol. The molecule has 0 aliphatic carbocycles. The fourth-order valence-corrected chi connectivity index (χ4v) is 4.74. The average Bonchev–Trinajstić information content (AvgIpc) is 2.84. The summed E-state index contributed by atoms with van der Waals surface area (Å²) >= 11 is 0.959. The Hall–Kier alpha value is -1.48. The summed E-state index contributed by atoms with van der Waals surface area (Å²) < 4.78 is 32.7. The van der Waals surface area contributed by atoms with Gasteiger partial charge in [0.1, 0.15) is 9.77 Å². The first-order valence-corrected chi connectivity index (χ1v) is 8.51. The van der Waals surface area contributed by atoms with E-state index < -0.39 is 16.0 Å². The van der Waals surface area contributed by atoms with Crippen LogP contribution in [0.5, 0.6) is 0 Å². The van der Waals surface area contributed by atoms with Crippen molar-refractivity contribution < 1.29 is 23.1 Å². The van der Waals surface area contributed by atoms with Gasteiger partial charge in [0.05, 0.1) is 0 Å². The molecule has 0 amide bonds. The summed E-state index contributed by atoms with van der Waals surface area (Å²) in [5.41, 5.74) is 0. The van der Waals surface area contributed by atoms with Crippen LogP contribution in [-0.2, 0) is 14.8 Å². The summed E-state index contributed by atoms with van der Waals surface area (Å²) in [5.74, 6) is -1.24. The molecule has 6 nitrogen and oxygen atoms in total. The van der Waals surface area contributed by atoms with Crippen molar-refractivity contribution in [3.8, 4) is 0 Å². The molecular formula is C13H15NO5S2. The average molecular weight is 329 g/mol. The third kappa shape index (κ3) is 3.41. The van der Waals surface area contributed by atoms with Crippen LogP contribution in [-0.4, -0.2) is 39.8 Å². The molecule has 0 aliphatic rings. The Kier molecular flexibility index (Phi) is 4.94. The van der Waals surface area contributed by atoms with Crippen molar-refractivity contribution in [2.24, 2.45) is 0 Å². The van der Waals surface area contributed by atoms with Crippen LogP contribution in [0.1, 0.15) is 16.1 Å². The lowest BCUT2D eigenvalue weighted by molar-refractivity contribution is 0.0698. The summed E-state index contributed by atoms with van der Waals surface area (Å²) in [6.07, 6.45) is 0.514. The second-order valence-electron chi connectivity index (χ2n) is 4.31. The van der Waals surface area contributed by atoms with Crippen molar-refractivity contribution >= 4 is 37.4 Å². The maximum atomic E-state index is 12.4. The molecule has 0 fully saturated rings. The van der Waals surface area contributed by atoms with Gasteiger partial charge in [-0.25, -0.2) is 17.9 Å². The van der Waals surface area contributed by atoms with Crippen LogP contribution in [0.2, 0.25) is 0 Å². The van der Waals surface area contributed by atoms with Gasteiger partial charge in [-0.05, 0) is 12.5 Å². The van der Waals surface area contributed by atoms with E-state index in [0.717, 1.165) is 11.3 Å². The van der Waals surface area contributed by atoms with E-state index in [4.69, 9.17) is 4.74 Å². The molecule has 0 bridgehead atoms. The Morgan fingerprint density at radius 2 is 2.10 bits per heavy atom. The summed E-state index contributed by atoms with van der Waals surface area (Å²) in [4.78, 5) is 11.0. The number of sulfonamides is 1. The summed E-state index contributed by atoms with van der Waals surface area (Å²) in [6, 6.07) is 6.75. The molecule has 2 rings (SSSR count). The number of fused-ring (bicyclic) bond motifs is 1. The first-order valence-electron chi connectivity index (χ1n) is 6.21. The normalized spacial score (nSPS) is 11.9. The van der Waals surface area contributed by atoms with E-state index in [2.05, 4.69) is 4.72 Å². The number of rotatable bonds is 7. The Morgan fingerprint density at radius 1 is 1.38 bits per heavy atom. The van der Waals surface area contributed by atoms with Crippen molar-refractivity contribution in [2.75, 3.05) is 20.3 Å². The molecule has 8 heteroatoms. The van der Waals surface area contributed by atoms with E-state index in [1.54, 1.807) is 24.3 Å². The lowest BCUT2D eigenvalue weighted by Gasteiger charge is -2.07. The number of nitrogens with one attached hydrogen (secondary N) is 1. The molecule has 1 aromatic heterocycles. The van der Waals surface area contributed by atoms with Gasteiger partial charge in [0.2, 0.25) is 10.0 Å².